The molecule has 1 aliphatic heterocycles. The van der Waals surface area contributed by atoms with Gasteiger partial charge in [0.25, 0.3) is 0 Å². The Morgan fingerprint density at radius 2 is 2.00 bits per heavy atom. The lowest BCUT2D eigenvalue weighted by Gasteiger charge is -2.29. The van der Waals surface area contributed by atoms with Gasteiger partial charge in [-0.3, -0.25) is 4.79 Å². The summed E-state index contributed by atoms with van der Waals surface area (Å²) in [5.41, 5.74) is -1.24. The van der Waals surface area contributed by atoms with Gasteiger partial charge in [0.1, 0.15) is 5.82 Å². The maximum absolute atomic E-state index is 13.3. The van der Waals surface area contributed by atoms with E-state index in [1.165, 1.54) is 0 Å². The first-order chi connectivity index (χ1) is 9.29. The van der Waals surface area contributed by atoms with Gasteiger partial charge in [0.2, 0.25) is 0 Å². The van der Waals surface area contributed by atoms with Gasteiger partial charge in [-0.05, 0) is 36.6 Å². The second-order valence-electron chi connectivity index (χ2n) is 4.65. The summed E-state index contributed by atoms with van der Waals surface area (Å²) < 4.78 is 56.5. The van der Waals surface area contributed by atoms with Gasteiger partial charge in [-0.25, -0.2) is 4.39 Å². The average molecular weight is 292 g/mol. The third-order valence-electron chi connectivity index (χ3n) is 3.22. The zero-order valence-electron chi connectivity index (χ0n) is 10.3. The van der Waals surface area contributed by atoms with Crippen molar-refractivity contribution in [2.75, 3.05) is 6.61 Å². The van der Waals surface area contributed by atoms with E-state index in [0.29, 0.717) is 12.5 Å². The van der Waals surface area contributed by atoms with E-state index in [0.717, 1.165) is 12.1 Å². The summed E-state index contributed by atoms with van der Waals surface area (Å²) in [6, 6.07) is 2.01. The second kappa shape index (κ2) is 5.40. The van der Waals surface area contributed by atoms with Crippen molar-refractivity contribution in [2.45, 2.75) is 25.1 Å². The largest absolute Gasteiger partial charge is 0.481 e. The van der Waals surface area contributed by atoms with Crippen LogP contribution >= 0.6 is 0 Å². The van der Waals surface area contributed by atoms with Crippen molar-refractivity contribution in [3.63, 3.8) is 0 Å². The van der Waals surface area contributed by atoms with Gasteiger partial charge in [-0.2, -0.15) is 13.2 Å². The van der Waals surface area contributed by atoms with Crippen molar-refractivity contribution >= 4 is 5.97 Å². The van der Waals surface area contributed by atoms with Gasteiger partial charge >= 0.3 is 12.1 Å². The number of rotatable bonds is 2. The molecule has 0 saturated carbocycles. The molecule has 1 fully saturated rings. The highest BCUT2D eigenvalue weighted by Crippen LogP contribution is 2.37. The Kier molecular flexibility index (Phi) is 3.99. The fourth-order valence-corrected chi connectivity index (χ4v) is 2.30. The molecule has 0 amide bonds. The summed E-state index contributed by atoms with van der Waals surface area (Å²) in [6.45, 7) is 0.242. The molecule has 1 saturated heterocycles. The quantitative estimate of drug-likeness (QED) is 0.850. The predicted molar refractivity (Wildman–Crippen MR) is 60.5 cm³/mol. The fraction of sp³-hybridized carbons (Fsp3) is 0.462. The maximum atomic E-state index is 13.3. The van der Waals surface area contributed by atoms with Crippen LogP contribution in [0.25, 0.3) is 0 Å². The third-order valence-corrected chi connectivity index (χ3v) is 3.22. The van der Waals surface area contributed by atoms with E-state index in [1.807, 2.05) is 0 Å². The van der Waals surface area contributed by atoms with Crippen molar-refractivity contribution in [1.82, 2.24) is 0 Å². The lowest BCUT2D eigenvalue weighted by molar-refractivity contribution is -0.152. The second-order valence-corrected chi connectivity index (χ2v) is 4.65. The molecular weight excluding hydrogens is 280 g/mol. The van der Waals surface area contributed by atoms with Gasteiger partial charge in [-0.15, -0.1) is 0 Å². The van der Waals surface area contributed by atoms with E-state index in [2.05, 4.69) is 0 Å². The minimum Gasteiger partial charge on any atom is -0.481 e. The summed E-state index contributed by atoms with van der Waals surface area (Å²) >= 11 is 0. The van der Waals surface area contributed by atoms with Crippen molar-refractivity contribution in [3.8, 4) is 0 Å². The predicted octanol–water partition coefficient (Wildman–Crippen LogP) is 3.40. The Morgan fingerprint density at radius 1 is 1.30 bits per heavy atom. The molecule has 7 heteroatoms. The molecule has 1 aromatic carbocycles. The normalized spacial score (nSPS) is 23.6. The van der Waals surface area contributed by atoms with Crippen LogP contribution in [-0.4, -0.2) is 17.7 Å². The third kappa shape index (κ3) is 3.09. The smallest absolute Gasteiger partial charge is 0.416 e. The number of carbonyl (C=O) groups is 1. The number of alkyl halides is 3. The molecule has 0 bridgehead atoms. The van der Waals surface area contributed by atoms with E-state index < -0.39 is 35.5 Å². The lowest BCUT2D eigenvalue weighted by Crippen LogP contribution is -2.29. The summed E-state index contributed by atoms with van der Waals surface area (Å²) in [6.07, 6.45) is -4.95. The highest BCUT2D eigenvalue weighted by Gasteiger charge is 2.36. The molecule has 0 aliphatic carbocycles. The van der Waals surface area contributed by atoms with Crippen LogP contribution in [0.5, 0.6) is 0 Å². The minimum atomic E-state index is -4.69. The standard InChI is InChI=1S/C13H12F4O3/c14-9-5-7(4-8(6-9)13(15,16)17)11-10(12(18)19)2-1-3-20-11/h4-6,10-11H,1-3H2,(H,18,19). The Morgan fingerprint density at radius 3 is 2.60 bits per heavy atom. The van der Waals surface area contributed by atoms with E-state index in [1.54, 1.807) is 0 Å². The summed E-state index contributed by atoms with van der Waals surface area (Å²) in [5.74, 6) is -3.19. The summed E-state index contributed by atoms with van der Waals surface area (Å²) in [7, 11) is 0. The highest BCUT2D eigenvalue weighted by atomic mass is 19.4. The topological polar surface area (TPSA) is 46.5 Å². The van der Waals surface area contributed by atoms with Crippen LogP contribution in [0.4, 0.5) is 17.6 Å². The molecule has 2 unspecified atom stereocenters. The van der Waals surface area contributed by atoms with Gasteiger partial charge in [0.05, 0.1) is 17.6 Å². The number of hydrogen-bond donors (Lipinski definition) is 1. The first-order valence-electron chi connectivity index (χ1n) is 6.01. The molecule has 0 radical (unpaired) electrons. The monoisotopic (exact) mass is 292 g/mol. The number of carboxylic acids is 1. The number of carboxylic acid groups (broad SMARTS) is 1. The van der Waals surface area contributed by atoms with Gasteiger partial charge in [0.15, 0.2) is 0 Å². The number of halogens is 4. The molecule has 1 N–H and O–H groups in total. The lowest BCUT2D eigenvalue weighted by atomic mass is 9.89. The molecule has 0 spiro atoms. The highest BCUT2D eigenvalue weighted by molar-refractivity contribution is 5.71. The van der Waals surface area contributed by atoms with Crippen LogP contribution in [0, 0.1) is 11.7 Å². The Bertz CT molecular complexity index is 513. The average Bonchev–Trinajstić information content (AvgIpc) is 2.37. The first kappa shape index (κ1) is 14.8. The Labute approximate surface area is 112 Å². The molecule has 1 heterocycles. The number of ether oxygens (including phenoxy) is 1. The maximum Gasteiger partial charge on any atom is 0.416 e. The van der Waals surface area contributed by atoms with Gasteiger partial charge in [-0.1, -0.05) is 0 Å². The van der Waals surface area contributed by atoms with Crippen LogP contribution in [0.15, 0.2) is 18.2 Å². The van der Waals surface area contributed by atoms with Crippen molar-refractivity contribution in [3.05, 3.63) is 35.1 Å². The molecule has 2 atom stereocenters. The van der Waals surface area contributed by atoms with Crippen LogP contribution in [0.1, 0.15) is 30.1 Å². The minimum absolute atomic E-state index is 0.0931. The van der Waals surface area contributed by atoms with Gasteiger partial charge < -0.3 is 9.84 Å². The van der Waals surface area contributed by atoms with Crippen LogP contribution < -0.4 is 0 Å². The van der Waals surface area contributed by atoms with Crippen molar-refractivity contribution < 1.29 is 32.2 Å². The van der Waals surface area contributed by atoms with Crippen molar-refractivity contribution in [1.29, 1.82) is 0 Å². The Balaban J connectivity index is 2.40. The molecular formula is C13H12F4O3. The van der Waals surface area contributed by atoms with Crippen LogP contribution in [0.3, 0.4) is 0 Å². The van der Waals surface area contributed by atoms with E-state index in [-0.39, 0.29) is 18.6 Å². The van der Waals surface area contributed by atoms with E-state index >= 15 is 0 Å². The van der Waals surface area contributed by atoms with E-state index in [4.69, 9.17) is 9.84 Å². The molecule has 110 valence electrons. The first-order valence-corrected chi connectivity index (χ1v) is 6.01. The Hall–Kier alpha value is -1.63. The molecule has 2 rings (SSSR count). The molecule has 3 nitrogen and oxygen atoms in total. The SMILES string of the molecule is O=C(O)C1CCCOC1c1cc(F)cc(C(F)(F)F)c1. The van der Waals surface area contributed by atoms with E-state index in [9.17, 15) is 22.4 Å². The zero-order valence-corrected chi connectivity index (χ0v) is 10.3. The molecule has 20 heavy (non-hydrogen) atoms. The van der Waals surface area contributed by atoms with Gasteiger partial charge in [0, 0.05) is 6.61 Å². The number of benzene rings is 1. The fourth-order valence-electron chi connectivity index (χ4n) is 2.30. The van der Waals surface area contributed by atoms with Crippen molar-refractivity contribution in [2.24, 2.45) is 5.92 Å². The molecule has 1 aromatic rings. The molecule has 0 aromatic heterocycles. The summed E-state index contributed by atoms with van der Waals surface area (Å²) in [4.78, 5) is 11.1. The number of hydrogen-bond acceptors (Lipinski definition) is 2. The van der Waals surface area contributed by atoms with Crippen LogP contribution in [0.2, 0.25) is 0 Å². The zero-order chi connectivity index (χ0) is 14.9. The number of aliphatic carboxylic acids is 1. The molecule has 1 aliphatic rings. The summed E-state index contributed by atoms with van der Waals surface area (Å²) in [5, 5.41) is 9.07. The van der Waals surface area contributed by atoms with Crippen LogP contribution in [-0.2, 0) is 15.7 Å².